The Kier molecular flexibility index (Phi) is 5.88. The Bertz CT molecular complexity index is 1490. The second-order valence-electron chi connectivity index (χ2n) is 7.30. The Labute approximate surface area is 200 Å². The smallest absolute Gasteiger partial charge is 0.263 e. The molecule has 5 rings (SSSR count). The molecule has 5 aromatic rings. The minimum atomic E-state index is -0.389. The number of hydrogen-bond donors (Lipinski definition) is 0. The molecule has 33 heavy (non-hydrogen) atoms. The minimum Gasteiger partial charge on any atom is -0.305 e. The van der Waals surface area contributed by atoms with E-state index in [1.54, 1.807) is 23.5 Å². The molecule has 0 fully saturated rings. The lowest BCUT2D eigenvalue weighted by Gasteiger charge is -2.22. The molecule has 0 saturated carbocycles. The second kappa shape index (κ2) is 8.97. The van der Waals surface area contributed by atoms with Gasteiger partial charge in [0, 0.05) is 26.9 Å². The fourth-order valence-electron chi connectivity index (χ4n) is 3.51. The van der Waals surface area contributed by atoms with E-state index in [9.17, 15) is 14.0 Å². The van der Waals surface area contributed by atoms with Crippen LogP contribution in [0.5, 0.6) is 0 Å². The minimum absolute atomic E-state index is 0.192. The maximum absolute atomic E-state index is 13.5. The largest absolute Gasteiger partial charge is 0.305 e. The van der Waals surface area contributed by atoms with E-state index in [0.717, 1.165) is 21.1 Å². The van der Waals surface area contributed by atoms with Gasteiger partial charge >= 0.3 is 0 Å². The third kappa shape index (κ3) is 4.37. The van der Waals surface area contributed by atoms with Gasteiger partial charge in [-0.05, 0) is 42.6 Å². The number of thiazole rings is 1. The highest BCUT2D eigenvalue weighted by Gasteiger charge is 2.21. The quantitative estimate of drug-likeness (QED) is 0.319. The van der Waals surface area contributed by atoms with Gasteiger partial charge in [0.25, 0.3) is 5.56 Å². The number of carbonyl (C=O) groups excluding carboxylic acids is 1. The van der Waals surface area contributed by atoms with Crippen molar-refractivity contribution in [1.29, 1.82) is 0 Å². The lowest BCUT2D eigenvalue weighted by Crippen LogP contribution is -2.36. The predicted molar refractivity (Wildman–Crippen MR) is 132 cm³/mol. The maximum atomic E-state index is 13.5. The van der Waals surface area contributed by atoms with Crippen molar-refractivity contribution in [3.8, 4) is 10.4 Å². The summed E-state index contributed by atoms with van der Waals surface area (Å²) >= 11 is 4.45. The number of aromatic nitrogens is 3. The molecule has 0 spiro atoms. The average Bonchev–Trinajstić information content (AvgIpc) is 3.55. The van der Waals surface area contributed by atoms with E-state index in [4.69, 9.17) is 0 Å². The van der Waals surface area contributed by atoms with Crippen LogP contribution >= 0.6 is 34.0 Å². The van der Waals surface area contributed by atoms with Crippen LogP contribution in [0.1, 0.15) is 10.7 Å². The normalized spacial score (nSPS) is 11.2. The zero-order valence-corrected chi connectivity index (χ0v) is 19.8. The molecule has 0 aliphatic rings. The molecule has 0 bridgehead atoms. The summed E-state index contributed by atoms with van der Waals surface area (Å²) in [5, 5.41) is 7.17. The molecule has 6 nitrogen and oxygen atoms in total. The van der Waals surface area contributed by atoms with Crippen molar-refractivity contribution < 1.29 is 9.18 Å². The topological polar surface area (TPSA) is 68.1 Å². The fourth-order valence-corrected chi connectivity index (χ4v) is 5.84. The highest BCUT2D eigenvalue weighted by atomic mass is 32.1. The maximum Gasteiger partial charge on any atom is 0.263 e. The van der Waals surface area contributed by atoms with E-state index in [2.05, 4.69) is 9.97 Å². The van der Waals surface area contributed by atoms with Crippen molar-refractivity contribution >= 4 is 55.8 Å². The number of thiophene rings is 2. The Morgan fingerprint density at radius 3 is 2.64 bits per heavy atom. The van der Waals surface area contributed by atoms with E-state index in [-0.39, 0.29) is 30.4 Å². The molecule has 166 valence electrons. The van der Waals surface area contributed by atoms with E-state index in [0.29, 0.717) is 15.9 Å². The lowest BCUT2D eigenvalue weighted by atomic mass is 10.2. The number of rotatable bonds is 6. The summed E-state index contributed by atoms with van der Waals surface area (Å²) in [4.78, 5) is 38.7. The highest BCUT2D eigenvalue weighted by molar-refractivity contribution is 7.18. The number of benzene rings is 1. The van der Waals surface area contributed by atoms with Crippen LogP contribution in [-0.2, 0) is 17.9 Å². The van der Waals surface area contributed by atoms with Crippen LogP contribution in [0, 0.1) is 12.7 Å². The van der Waals surface area contributed by atoms with Crippen LogP contribution in [0.2, 0.25) is 0 Å². The predicted octanol–water partition coefficient (Wildman–Crippen LogP) is 5.32. The summed E-state index contributed by atoms with van der Waals surface area (Å²) in [6.07, 6.45) is 1.41. The summed E-state index contributed by atoms with van der Waals surface area (Å²) in [6.45, 7) is 1.92. The molecule has 0 saturated heterocycles. The van der Waals surface area contributed by atoms with Gasteiger partial charge in [-0.2, -0.15) is 0 Å². The van der Waals surface area contributed by atoms with Crippen LogP contribution in [0.4, 0.5) is 10.1 Å². The fraction of sp³-hybridized carbons (Fsp3) is 0.130. The van der Waals surface area contributed by atoms with Crippen molar-refractivity contribution in [1.82, 2.24) is 14.5 Å². The number of fused-ring (bicyclic) bond motifs is 1. The van der Waals surface area contributed by atoms with Crippen LogP contribution in [0.25, 0.3) is 20.7 Å². The van der Waals surface area contributed by atoms with Crippen molar-refractivity contribution in [3.63, 3.8) is 0 Å². The molecule has 1 aromatic carbocycles. The molecular formula is C23H17FN4O2S3. The van der Waals surface area contributed by atoms with Gasteiger partial charge in [-0.15, -0.1) is 34.0 Å². The van der Waals surface area contributed by atoms with Gasteiger partial charge in [0.05, 0.1) is 29.0 Å². The monoisotopic (exact) mass is 496 g/mol. The standard InChI is InChI=1S/C23H17FN4O2S3/c1-14-26-16(11-32-14)9-28(17-6-4-15(24)5-7-17)20(29)10-27-13-25-22-21(23(27)30)18(12-33-22)19-3-2-8-31-19/h2-8,11-13H,9-10H2,1H3. The summed E-state index contributed by atoms with van der Waals surface area (Å²) < 4.78 is 14.8. The van der Waals surface area contributed by atoms with E-state index in [1.807, 2.05) is 35.2 Å². The Morgan fingerprint density at radius 2 is 1.94 bits per heavy atom. The average molecular weight is 497 g/mol. The zero-order valence-electron chi connectivity index (χ0n) is 17.4. The van der Waals surface area contributed by atoms with Gasteiger partial charge in [-0.3, -0.25) is 14.2 Å². The number of aryl methyl sites for hydroxylation is 1. The third-order valence-electron chi connectivity index (χ3n) is 5.08. The molecule has 0 radical (unpaired) electrons. The summed E-state index contributed by atoms with van der Waals surface area (Å²) in [5.74, 6) is -0.705. The van der Waals surface area contributed by atoms with Crippen molar-refractivity contribution in [2.75, 3.05) is 4.90 Å². The molecule has 0 aliphatic heterocycles. The van der Waals surface area contributed by atoms with Gasteiger partial charge in [0.15, 0.2) is 0 Å². The molecule has 1 amide bonds. The SMILES string of the molecule is Cc1nc(CN(C(=O)Cn2cnc3scc(-c4cccs4)c3c2=O)c2ccc(F)cc2)cs1. The van der Waals surface area contributed by atoms with Crippen LogP contribution in [-0.4, -0.2) is 20.4 Å². The van der Waals surface area contributed by atoms with Gasteiger partial charge in [0.2, 0.25) is 5.91 Å². The molecule has 10 heteroatoms. The number of carbonyl (C=O) groups is 1. The molecule has 0 N–H and O–H groups in total. The van der Waals surface area contributed by atoms with Crippen LogP contribution < -0.4 is 10.5 Å². The molecular weight excluding hydrogens is 479 g/mol. The molecule has 4 aromatic heterocycles. The number of hydrogen-bond acceptors (Lipinski definition) is 7. The summed E-state index contributed by atoms with van der Waals surface area (Å²) in [6, 6.07) is 9.60. The molecule has 0 aliphatic carbocycles. The highest BCUT2D eigenvalue weighted by Crippen LogP contribution is 2.33. The number of nitrogens with zero attached hydrogens (tertiary/aromatic N) is 4. The number of anilines is 1. The van der Waals surface area contributed by atoms with Gasteiger partial charge in [0.1, 0.15) is 17.2 Å². The first-order valence-electron chi connectivity index (χ1n) is 9.97. The van der Waals surface area contributed by atoms with E-state index in [1.165, 1.54) is 50.6 Å². The third-order valence-corrected chi connectivity index (χ3v) is 7.69. The lowest BCUT2D eigenvalue weighted by molar-refractivity contribution is -0.119. The second-order valence-corrected chi connectivity index (χ2v) is 10.2. The van der Waals surface area contributed by atoms with Crippen molar-refractivity contribution in [3.05, 3.63) is 85.7 Å². The van der Waals surface area contributed by atoms with E-state index >= 15 is 0 Å². The molecule has 0 atom stereocenters. The Hall–Kier alpha value is -3.21. The van der Waals surface area contributed by atoms with Crippen molar-refractivity contribution in [2.45, 2.75) is 20.0 Å². The molecule has 4 heterocycles. The number of amides is 1. The van der Waals surface area contributed by atoms with Crippen molar-refractivity contribution in [2.24, 2.45) is 0 Å². The van der Waals surface area contributed by atoms with Crippen LogP contribution in [0.3, 0.4) is 0 Å². The molecule has 0 unspecified atom stereocenters. The van der Waals surface area contributed by atoms with Gasteiger partial charge < -0.3 is 4.90 Å². The van der Waals surface area contributed by atoms with Gasteiger partial charge in [-0.1, -0.05) is 6.07 Å². The summed E-state index contributed by atoms with van der Waals surface area (Å²) in [7, 11) is 0. The van der Waals surface area contributed by atoms with E-state index < -0.39 is 0 Å². The Morgan fingerprint density at radius 1 is 1.12 bits per heavy atom. The van der Waals surface area contributed by atoms with Gasteiger partial charge in [-0.25, -0.2) is 14.4 Å². The first-order chi connectivity index (χ1) is 16.0. The van der Waals surface area contributed by atoms with Crippen LogP contribution in [0.15, 0.2) is 63.7 Å². The first-order valence-corrected chi connectivity index (χ1v) is 12.6. The first kappa shape index (κ1) is 21.6. The number of halogens is 1. The summed E-state index contributed by atoms with van der Waals surface area (Å²) in [5.41, 5.74) is 1.83. The Balaban J connectivity index is 1.50. The zero-order chi connectivity index (χ0) is 22.9.